The van der Waals surface area contributed by atoms with Crippen LogP contribution in [-0.2, 0) is 15.8 Å². The summed E-state index contributed by atoms with van der Waals surface area (Å²) < 4.78 is 26.8. The Morgan fingerprint density at radius 3 is 2.70 bits per heavy atom. The maximum Gasteiger partial charge on any atom is 0.215 e. The van der Waals surface area contributed by atoms with Gasteiger partial charge in [0, 0.05) is 12.2 Å². The number of rotatable bonds is 5. The smallest absolute Gasteiger partial charge is 0.215 e. The van der Waals surface area contributed by atoms with Gasteiger partial charge in [-0.3, -0.25) is 0 Å². The molecule has 1 aliphatic rings. The zero-order valence-corrected chi connectivity index (χ0v) is 12.7. The Morgan fingerprint density at radius 2 is 2.05 bits per heavy atom. The molecule has 0 radical (unpaired) electrons. The molecule has 1 heterocycles. The van der Waals surface area contributed by atoms with Gasteiger partial charge in [0.1, 0.15) is 0 Å². The van der Waals surface area contributed by atoms with Crippen LogP contribution in [0, 0.1) is 5.92 Å². The minimum absolute atomic E-state index is 0.00926. The highest BCUT2D eigenvalue weighted by molar-refractivity contribution is 7.88. The topological polar surface area (TPSA) is 75.4 Å². The predicted octanol–water partition coefficient (Wildman–Crippen LogP) is 1.03. The van der Waals surface area contributed by atoms with Crippen LogP contribution in [-0.4, -0.2) is 40.0 Å². The first-order valence-corrected chi connectivity index (χ1v) is 8.60. The minimum Gasteiger partial charge on any atom is -0.399 e. The molecule has 1 aromatic carbocycles. The van der Waals surface area contributed by atoms with Gasteiger partial charge in [-0.2, -0.15) is 0 Å². The molecule has 3 N–H and O–H groups in total. The number of benzene rings is 1. The van der Waals surface area contributed by atoms with Gasteiger partial charge in [0.2, 0.25) is 10.0 Å². The van der Waals surface area contributed by atoms with Crippen LogP contribution in [0.4, 0.5) is 5.69 Å². The van der Waals surface area contributed by atoms with Crippen LogP contribution < -0.4 is 10.5 Å². The molecule has 5 nitrogen and oxygen atoms in total. The van der Waals surface area contributed by atoms with Crippen molar-refractivity contribution in [3.63, 3.8) is 0 Å². The third-order valence-corrected chi connectivity index (χ3v) is 5.06. The standard InChI is InChI=1S/C14H23N3O2S/c1-17-7-5-12(6-8-17)10-16-20(18,19)11-13-3-2-4-14(15)9-13/h2-4,9,12,16H,5-8,10-11,15H2,1H3. The average Bonchev–Trinajstić information content (AvgIpc) is 2.37. The Balaban J connectivity index is 1.85. The van der Waals surface area contributed by atoms with Crippen molar-refractivity contribution in [2.24, 2.45) is 5.92 Å². The summed E-state index contributed by atoms with van der Waals surface area (Å²) in [6.07, 6.45) is 2.11. The van der Waals surface area contributed by atoms with Crippen molar-refractivity contribution in [1.29, 1.82) is 0 Å². The second kappa shape index (κ2) is 6.56. The maximum absolute atomic E-state index is 12.1. The van der Waals surface area contributed by atoms with Gasteiger partial charge in [-0.25, -0.2) is 13.1 Å². The van der Waals surface area contributed by atoms with Crippen LogP contribution in [0.15, 0.2) is 24.3 Å². The number of nitrogen functional groups attached to an aromatic ring is 1. The third-order valence-electron chi connectivity index (χ3n) is 3.74. The van der Waals surface area contributed by atoms with Crippen LogP contribution in [0.3, 0.4) is 0 Å². The number of hydrogen-bond donors (Lipinski definition) is 2. The van der Waals surface area contributed by atoms with E-state index in [9.17, 15) is 8.42 Å². The largest absolute Gasteiger partial charge is 0.399 e. The van der Waals surface area contributed by atoms with Gasteiger partial charge in [0.25, 0.3) is 0 Å². The molecule has 0 aliphatic carbocycles. The number of anilines is 1. The van der Waals surface area contributed by atoms with Crippen molar-refractivity contribution in [1.82, 2.24) is 9.62 Å². The summed E-state index contributed by atoms with van der Waals surface area (Å²) in [4.78, 5) is 2.28. The van der Waals surface area contributed by atoms with E-state index in [0.717, 1.165) is 31.5 Å². The highest BCUT2D eigenvalue weighted by Gasteiger charge is 2.19. The van der Waals surface area contributed by atoms with Gasteiger partial charge in [0.15, 0.2) is 0 Å². The Kier molecular flexibility index (Phi) is 5.01. The highest BCUT2D eigenvalue weighted by Crippen LogP contribution is 2.16. The van der Waals surface area contributed by atoms with Gasteiger partial charge >= 0.3 is 0 Å². The van der Waals surface area contributed by atoms with Crippen molar-refractivity contribution < 1.29 is 8.42 Å². The molecule has 1 aliphatic heterocycles. The fourth-order valence-corrected chi connectivity index (χ4v) is 3.67. The minimum atomic E-state index is -3.28. The van der Waals surface area contributed by atoms with E-state index in [1.54, 1.807) is 24.3 Å². The van der Waals surface area contributed by atoms with Gasteiger partial charge in [0.05, 0.1) is 5.75 Å². The molecule has 0 amide bonds. The fourth-order valence-electron chi connectivity index (χ4n) is 2.46. The lowest BCUT2D eigenvalue weighted by Crippen LogP contribution is -2.37. The molecule has 112 valence electrons. The molecular weight excluding hydrogens is 274 g/mol. The molecule has 0 atom stereocenters. The molecule has 1 saturated heterocycles. The van der Waals surface area contributed by atoms with Crippen molar-refractivity contribution in [3.05, 3.63) is 29.8 Å². The first-order valence-electron chi connectivity index (χ1n) is 6.95. The van der Waals surface area contributed by atoms with E-state index in [4.69, 9.17) is 5.73 Å². The fraction of sp³-hybridized carbons (Fsp3) is 0.571. The highest BCUT2D eigenvalue weighted by atomic mass is 32.2. The van der Waals surface area contributed by atoms with E-state index in [2.05, 4.69) is 16.7 Å². The van der Waals surface area contributed by atoms with Gasteiger partial charge in [-0.1, -0.05) is 12.1 Å². The Morgan fingerprint density at radius 1 is 1.35 bits per heavy atom. The summed E-state index contributed by atoms with van der Waals surface area (Å²) in [5, 5.41) is 0. The summed E-state index contributed by atoms with van der Waals surface area (Å²) in [5.74, 6) is 0.437. The Hall–Kier alpha value is -1.11. The molecule has 2 rings (SSSR count). The summed E-state index contributed by atoms with van der Waals surface area (Å²) in [7, 11) is -1.19. The monoisotopic (exact) mass is 297 g/mol. The first-order chi connectivity index (χ1) is 9.44. The summed E-state index contributed by atoms with van der Waals surface area (Å²) in [6.45, 7) is 2.63. The second-order valence-corrected chi connectivity index (χ2v) is 7.41. The van der Waals surface area contributed by atoms with Gasteiger partial charge in [-0.15, -0.1) is 0 Å². The molecular formula is C14H23N3O2S. The number of nitrogens with zero attached hydrogens (tertiary/aromatic N) is 1. The van der Waals surface area contributed by atoms with Crippen LogP contribution in [0.25, 0.3) is 0 Å². The van der Waals surface area contributed by atoms with E-state index >= 15 is 0 Å². The number of likely N-dealkylation sites (tertiary alicyclic amines) is 1. The van der Waals surface area contributed by atoms with Crippen LogP contribution >= 0.6 is 0 Å². The van der Waals surface area contributed by atoms with Crippen LogP contribution in [0.5, 0.6) is 0 Å². The number of hydrogen-bond acceptors (Lipinski definition) is 4. The summed E-state index contributed by atoms with van der Waals surface area (Å²) in [5.41, 5.74) is 6.98. The maximum atomic E-state index is 12.1. The van der Waals surface area contributed by atoms with E-state index in [1.807, 2.05) is 0 Å². The zero-order chi connectivity index (χ0) is 14.6. The molecule has 0 bridgehead atoms. The first kappa shape index (κ1) is 15.3. The number of piperidine rings is 1. The molecule has 1 aromatic rings. The number of sulfonamides is 1. The van der Waals surface area contributed by atoms with Crippen molar-refractivity contribution in [2.45, 2.75) is 18.6 Å². The molecule has 0 unspecified atom stereocenters. The SMILES string of the molecule is CN1CCC(CNS(=O)(=O)Cc2cccc(N)c2)CC1. The average molecular weight is 297 g/mol. The lowest BCUT2D eigenvalue weighted by Gasteiger charge is -2.28. The van der Waals surface area contributed by atoms with E-state index in [-0.39, 0.29) is 5.75 Å². The molecule has 0 spiro atoms. The zero-order valence-electron chi connectivity index (χ0n) is 11.9. The van der Waals surface area contributed by atoms with Gasteiger partial charge in [-0.05, 0) is 56.6 Å². The number of nitrogens with two attached hydrogens (primary N) is 1. The third kappa shape index (κ3) is 4.77. The summed E-state index contributed by atoms with van der Waals surface area (Å²) in [6, 6.07) is 7.01. The van der Waals surface area contributed by atoms with Gasteiger partial charge < -0.3 is 10.6 Å². The molecule has 0 saturated carbocycles. The van der Waals surface area contributed by atoms with E-state index < -0.39 is 10.0 Å². The molecule has 1 fully saturated rings. The Bertz CT molecular complexity index is 537. The normalized spacial score (nSPS) is 18.2. The molecule has 20 heavy (non-hydrogen) atoms. The quantitative estimate of drug-likeness (QED) is 0.796. The Labute approximate surface area is 121 Å². The lowest BCUT2D eigenvalue weighted by molar-refractivity contribution is 0.220. The van der Waals surface area contributed by atoms with Crippen molar-refractivity contribution in [3.8, 4) is 0 Å². The van der Waals surface area contributed by atoms with Crippen molar-refractivity contribution >= 4 is 15.7 Å². The number of nitrogens with one attached hydrogen (secondary N) is 1. The second-order valence-electron chi connectivity index (χ2n) is 5.60. The lowest BCUT2D eigenvalue weighted by atomic mass is 9.98. The predicted molar refractivity (Wildman–Crippen MR) is 81.7 cm³/mol. The van der Waals surface area contributed by atoms with Crippen molar-refractivity contribution in [2.75, 3.05) is 32.4 Å². The molecule has 6 heteroatoms. The van der Waals surface area contributed by atoms with Crippen LogP contribution in [0.2, 0.25) is 0 Å². The summed E-state index contributed by atoms with van der Waals surface area (Å²) >= 11 is 0. The molecule has 0 aromatic heterocycles. The van der Waals surface area contributed by atoms with Crippen LogP contribution in [0.1, 0.15) is 18.4 Å². The van der Waals surface area contributed by atoms with E-state index in [1.165, 1.54) is 0 Å². The van der Waals surface area contributed by atoms with E-state index in [0.29, 0.717) is 18.2 Å².